The number of hydrogen-bond acceptors (Lipinski definition) is 7. The minimum atomic E-state index is -0.611. The first-order valence-electron chi connectivity index (χ1n) is 12.9. The molecule has 0 spiro atoms. The van der Waals surface area contributed by atoms with Crippen molar-refractivity contribution in [1.82, 2.24) is 4.90 Å². The summed E-state index contributed by atoms with van der Waals surface area (Å²) in [5.41, 5.74) is 2.64. The van der Waals surface area contributed by atoms with Crippen LogP contribution in [0.15, 0.2) is 91.0 Å². The van der Waals surface area contributed by atoms with Gasteiger partial charge in [0.15, 0.2) is 0 Å². The van der Waals surface area contributed by atoms with Crippen molar-refractivity contribution >= 4 is 46.1 Å². The number of anilines is 1. The normalized spacial score (nSPS) is 12.5. The summed E-state index contributed by atoms with van der Waals surface area (Å²) in [4.78, 5) is 52.8. The summed E-state index contributed by atoms with van der Waals surface area (Å²) in [6, 6.07) is 25.3. The zero-order chi connectivity index (χ0) is 28.8. The van der Waals surface area contributed by atoms with Crippen LogP contribution in [0.5, 0.6) is 5.75 Å². The van der Waals surface area contributed by atoms with Gasteiger partial charge in [0.05, 0.1) is 29.8 Å². The van der Waals surface area contributed by atoms with Crippen molar-refractivity contribution in [3.05, 3.63) is 124 Å². The molecule has 0 aliphatic carbocycles. The maximum Gasteiger partial charge on any atom is 0.341 e. The number of thiophene rings is 1. The molecule has 3 aromatic carbocycles. The molecular weight excluding hydrogens is 540 g/mol. The van der Waals surface area contributed by atoms with E-state index in [1.165, 1.54) is 6.08 Å². The van der Waals surface area contributed by atoms with Crippen molar-refractivity contribution in [1.29, 1.82) is 0 Å². The topological polar surface area (TPSA) is 102 Å². The number of imide groups is 1. The van der Waals surface area contributed by atoms with Crippen molar-refractivity contribution in [2.45, 2.75) is 20.1 Å². The zero-order valence-electron chi connectivity index (χ0n) is 22.2. The van der Waals surface area contributed by atoms with Gasteiger partial charge < -0.3 is 14.8 Å². The molecule has 0 saturated heterocycles. The lowest BCUT2D eigenvalue weighted by Gasteiger charge is -2.12. The second kappa shape index (κ2) is 12.4. The fourth-order valence-corrected chi connectivity index (χ4v) is 5.32. The summed E-state index contributed by atoms with van der Waals surface area (Å²) >= 11 is 1.11. The minimum Gasteiger partial charge on any atom is -0.489 e. The molecule has 1 aliphatic heterocycles. The second-order valence-electron chi connectivity index (χ2n) is 9.09. The van der Waals surface area contributed by atoms with Gasteiger partial charge >= 0.3 is 5.97 Å². The van der Waals surface area contributed by atoms with Crippen LogP contribution in [0.4, 0.5) is 5.00 Å². The lowest BCUT2D eigenvalue weighted by molar-refractivity contribution is -0.111. The van der Waals surface area contributed by atoms with E-state index in [1.807, 2.05) is 54.6 Å². The van der Waals surface area contributed by atoms with E-state index in [2.05, 4.69) is 5.32 Å². The Hall–Kier alpha value is -5.02. The van der Waals surface area contributed by atoms with Gasteiger partial charge in [-0.3, -0.25) is 19.3 Å². The summed E-state index contributed by atoms with van der Waals surface area (Å²) in [6.07, 6.45) is 3.00. The van der Waals surface area contributed by atoms with Crippen LogP contribution in [0.2, 0.25) is 0 Å². The number of ether oxygens (including phenoxy) is 2. The van der Waals surface area contributed by atoms with Gasteiger partial charge in [-0.05, 0) is 54.5 Å². The fourth-order valence-electron chi connectivity index (χ4n) is 4.29. The summed E-state index contributed by atoms with van der Waals surface area (Å²) in [5, 5.41) is 3.01. The first-order valence-corrected chi connectivity index (χ1v) is 13.8. The number of amides is 3. The van der Waals surface area contributed by atoms with E-state index in [0.29, 0.717) is 28.4 Å². The van der Waals surface area contributed by atoms with E-state index < -0.39 is 23.7 Å². The first kappa shape index (κ1) is 27.5. The van der Waals surface area contributed by atoms with Crippen LogP contribution in [0.1, 0.15) is 54.0 Å². The Morgan fingerprint density at radius 2 is 1.61 bits per heavy atom. The molecule has 4 aromatic rings. The Balaban J connectivity index is 1.28. The van der Waals surface area contributed by atoms with Gasteiger partial charge in [-0.2, -0.15) is 0 Å². The van der Waals surface area contributed by atoms with Crippen molar-refractivity contribution in [3.8, 4) is 5.75 Å². The predicted molar refractivity (Wildman–Crippen MR) is 156 cm³/mol. The molecular formula is C32H26N2O6S. The van der Waals surface area contributed by atoms with Gasteiger partial charge in [0.2, 0.25) is 5.91 Å². The number of fused-ring (bicyclic) bond motifs is 1. The molecule has 1 N–H and O–H groups in total. The van der Waals surface area contributed by atoms with Crippen LogP contribution in [0.3, 0.4) is 0 Å². The highest BCUT2D eigenvalue weighted by Gasteiger charge is 2.35. The number of esters is 1. The highest BCUT2D eigenvalue weighted by Crippen LogP contribution is 2.32. The quantitative estimate of drug-likeness (QED) is 0.145. The van der Waals surface area contributed by atoms with Gasteiger partial charge in [0.25, 0.3) is 11.8 Å². The molecule has 0 bridgehead atoms. The molecule has 41 heavy (non-hydrogen) atoms. The van der Waals surface area contributed by atoms with Crippen molar-refractivity contribution < 1.29 is 28.7 Å². The van der Waals surface area contributed by atoms with Crippen LogP contribution in [-0.2, 0) is 22.7 Å². The molecule has 0 saturated carbocycles. The van der Waals surface area contributed by atoms with Crippen molar-refractivity contribution in [2.24, 2.45) is 0 Å². The summed E-state index contributed by atoms with van der Waals surface area (Å²) in [7, 11) is 0. The standard InChI is InChI=1S/C32H26N2O6S/c1-2-39-32(38)27-18-24(19-34-30(36)25-13-6-7-14-26(25)31(34)37)41-29(27)33-28(35)16-15-21-11-8-12-23(17-21)40-20-22-9-4-3-5-10-22/h3-18H,2,19-20H2,1H3,(H,33,35)/b16-15+. The van der Waals surface area contributed by atoms with Crippen LogP contribution in [-0.4, -0.2) is 35.2 Å². The largest absolute Gasteiger partial charge is 0.489 e. The monoisotopic (exact) mass is 566 g/mol. The number of nitrogens with zero attached hydrogens (tertiary/aromatic N) is 1. The Morgan fingerprint density at radius 3 is 2.32 bits per heavy atom. The smallest absolute Gasteiger partial charge is 0.341 e. The number of hydrogen-bond donors (Lipinski definition) is 1. The Kier molecular flexibility index (Phi) is 8.36. The van der Waals surface area contributed by atoms with E-state index in [9.17, 15) is 19.2 Å². The Morgan fingerprint density at radius 1 is 0.902 bits per heavy atom. The number of benzene rings is 3. The Labute approximate surface area is 240 Å². The maximum absolute atomic E-state index is 12.8. The first-order chi connectivity index (χ1) is 19.9. The molecule has 9 heteroatoms. The van der Waals surface area contributed by atoms with E-state index in [0.717, 1.165) is 27.4 Å². The predicted octanol–water partition coefficient (Wildman–Crippen LogP) is 5.95. The SMILES string of the molecule is CCOC(=O)c1cc(CN2C(=O)c3ccccc3C2=O)sc1NC(=O)/C=C/c1cccc(OCc2ccccc2)c1. The molecule has 3 amide bonds. The molecule has 0 unspecified atom stereocenters. The highest BCUT2D eigenvalue weighted by molar-refractivity contribution is 7.16. The Bertz CT molecular complexity index is 1610. The second-order valence-corrected chi connectivity index (χ2v) is 10.2. The number of carbonyl (C=O) groups is 4. The molecule has 2 heterocycles. The third-order valence-corrected chi connectivity index (χ3v) is 7.28. The molecule has 0 atom stereocenters. The lowest BCUT2D eigenvalue weighted by Crippen LogP contribution is -2.28. The third-order valence-electron chi connectivity index (χ3n) is 6.24. The van der Waals surface area contributed by atoms with Gasteiger partial charge in [0, 0.05) is 11.0 Å². The molecule has 8 nitrogen and oxygen atoms in total. The van der Waals surface area contributed by atoms with Crippen LogP contribution in [0.25, 0.3) is 6.08 Å². The summed E-state index contributed by atoms with van der Waals surface area (Å²) in [5.74, 6) is -1.21. The molecule has 1 aliphatic rings. The molecule has 1 aromatic heterocycles. The van der Waals surface area contributed by atoms with Crippen LogP contribution in [0, 0.1) is 0 Å². The average Bonchev–Trinajstić information content (AvgIpc) is 3.50. The average molecular weight is 567 g/mol. The zero-order valence-corrected chi connectivity index (χ0v) is 23.0. The van der Waals surface area contributed by atoms with E-state index in [-0.39, 0.29) is 23.7 Å². The summed E-state index contributed by atoms with van der Waals surface area (Å²) < 4.78 is 11.0. The fraction of sp³-hybridized carbons (Fsp3) is 0.125. The lowest BCUT2D eigenvalue weighted by atomic mass is 10.1. The van der Waals surface area contributed by atoms with Crippen LogP contribution >= 0.6 is 11.3 Å². The van der Waals surface area contributed by atoms with Gasteiger partial charge in [-0.1, -0.05) is 54.6 Å². The summed E-state index contributed by atoms with van der Waals surface area (Å²) in [6.45, 7) is 2.22. The maximum atomic E-state index is 12.8. The van der Waals surface area contributed by atoms with E-state index in [4.69, 9.17) is 9.47 Å². The highest BCUT2D eigenvalue weighted by atomic mass is 32.1. The molecule has 0 radical (unpaired) electrons. The van der Waals surface area contributed by atoms with E-state index >= 15 is 0 Å². The molecule has 206 valence electrons. The van der Waals surface area contributed by atoms with Crippen molar-refractivity contribution in [3.63, 3.8) is 0 Å². The minimum absolute atomic E-state index is 0.0368. The number of rotatable bonds is 10. The van der Waals surface area contributed by atoms with Gasteiger partial charge in [-0.25, -0.2) is 4.79 Å². The van der Waals surface area contributed by atoms with Gasteiger partial charge in [0.1, 0.15) is 17.4 Å². The number of carbonyl (C=O) groups excluding carboxylic acids is 4. The third kappa shape index (κ3) is 6.42. The van der Waals surface area contributed by atoms with Gasteiger partial charge in [-0.15, -0.1) is 11.3 Å². The van der Waals surface area contributed by atoms with Crippen LogP contribution < -0.4 is 10.1 Å². The van der Waals surface area contributed by atoms with Crippen molar-refractivity contribution in [2.75, 3.05) is 11.9 Å². The van der Waals surface area contributed by atoms with E-state index in [1.54, 1.807) is 43.3 Å². The molecule has 0 fully saturated rings. The number of nitrogens with one attached hydrogen (secondary N) is 1. The molecule has 5 rings (SSSR count).